The second-order valence-corrected chi connectivity index (χ2v) is 10.5. The average Bonchev–Trinajstić information content (AvgIpc) is 3.21. The Morgan fingerprint density at radius 3 is 1.35 bits per heavy atom. The van der Waals surface area contributed by atoms with E-state index in [0.29, 0.717) is 0 Å². The first-order chi connectivity index (χ1) is 12.9. The molecule has 1 radical (unpaired) electrons. The first-order valence-corrected chi connectivity index (χ1v) is 11.3. The highest BCUT2D eigenvalue weighted by Gasteiger charge is 2.45. The molecule has 127 valence electrons. The van der Waals surface area contributed by atoms with Crippen LogP contribution in [0, 0.1) is 5.54 Å². The molecule has 26 heavy (non-hydrogen) atoms. The van der Waals surface area contributed by atoms with Crippen molar-refractivity contribution in [3.05, 3.63) is 120 Å². The SMILES string of the molecule is CCC1=C[C]([Si](c2ccccc2)(c2ccccc2)c2ccccc2)C=C1. The van der Waals surface area contributed by atoms with Gasteiger partial charge in [0.2, 0.25) is 0 Å². The summed E-state index contributed by atoms with van der Waals surface area (Å²) in [6.07, 6.45) is 8.16. The molecular formula is C25H23Si. The molecule has 3 aromatic rings. The van der Waals surface area contributed by atoms with Crippen LogP contribution < -0.4 is 15.6 Å². The van der Waals surface area contributed by atoms with Gasteiger partial charge >= 0.3 is 0 Å². The minimum atomic E-state index is -2.30. The molecular weight excluding hydrogens is 328 g/mol. The van der Waals surface area contributed by atoms with Crippen LogP contribution in [0.1, 0.15) is 13.3 Å². The maximum atomic E-state index is 2.43. The van der Waals surface area contributed by atoms with E-state index in [1.165, 1.54) is 26.7 Å². The number of hydrogen-bond acceptors (Lipinski definition) is 0. The van der Waals surface area contributed by atoms with E-state index < -0.39 is 8.07 Å². The topological polar surface area (TPSA) is 0 Å². The Morgan fingerprint density at radius 2 is 1.00 bits per heavy atom. The van der Waals surface area contributed by atoms with Crippen molar-refractivity contribution in [2.45, 2.75) is 13.3 Å². The maximum Gasteiger partial charge on any atom is 0.162 e. The van der Waals surface area contributed by atoms with Gasteiger partial charge in [-0.05, 0) is 22.0 Å². The van der Waals surface area contributed by atoms with Crippen molar-refractivity contribution in [1.82, 2.24) is 0 Å². The van der Waals surface area contributed by atoms with Gasteiger partial charge in [0.15, 0.2) is 8.07 Å². The lowest BCUT2D eigenvalue weighted by atomic mass is 10.2. The van der Waals surface area contributed by atoms with Crippen LogP contribution in [0.15, 0.2) is 115 Å². The lowest BCUT2D eigenvalue weighted by Crippen LogP contribution is -2.70. The first-order valence-electron chi connectivity index (χ1n) is 9.28. The molecule has 1 aliphatic rings. The second-order valence-electron chi connectivity index (χ2n) is 6.71. The van der Waals surface area contributed by atoms with E-state index in [2.05, 4.69) is 116 Å². The van der Waals surface area contributed by atoms with E-state index in [1.54, 1.807) is 0 Å². The van der Waals surface area contributed by atoms with Crippen LogP contribution in [-0.2, 0) is 0 Å². The molecule has 4 rings (SSSR count). The zero-order valence-electron chi connectivity index (χ0n) is 15.1. The minimum absolute atomic E-state index is 1.07. The highest BCUT2D eigenvalue weighted by atomic mass is 28.3. The van der Waals surface area contributed by atoms with Crippen LogP contribution in [0.2, 0.25) is 0 Å². The number of rotatable bonds is 5. The summed E-state index contributed by atoms with van der Waals surface area (Å²) in [4.78, 5) is 0. The van der Waals surface area contributed by atoms with Gasteiger partial charge in [0, 0.05) is 5.54 Å². The molecule has 0 heterocycles. The Bertz CT molecular complexity index is 811. The fourth-order valence-corrected chi connectivity index (χ4v) is 8.82. The zero-order valence-corrected chi connectivity index (χ0v) is 16.1. The fraction of sp³-hybridized carbons (Fsp3) is 0.0800. The predicted octanol–water partition coefficient (Wildman–Crippen LogP) is 4.18. The summed E-state index contributed by atoms with van der Waals surface area (Å²) in [5, 5.41) is 4.31. The second kappa shape index (κ2) is 7.31. The molecule has 0 saturated heterocycles. The molecule has 0 aliphatic heterocycles. The van der Waals surface area contributed by atoms with E-state index >= 15 is 0 Å². The highest BCUT2D eigenvalue weighted by Crippen LogP contribution is 2.29. The Labute approximate surface area is 157 Å². The smallest absolute Gasteiger partial charge is 0.0750 e. The van der Waals surface area contributed by atoms with Crippen molar-refractivity contribution in [3.63, 3.8) is 0 Å². The molecule has 1 aliphatic carbocycles. The summed E-state index contributed by atoms with van der Waals surface area (Å²) in [5.41, 5.74) is 2.89. The van der Waals surface area contributed by atoms with Crippen molar-refractivity contribution in [2.24, 2.45) is 0 Å². The highest BCUT2D eigenvalue weighted by molar-refractivity contribution is 7.15. The van der Waals surface area contributed by atoms with Crippen LogP contribution >= 0.6 is 0 Å². The maximum absolute atomic E-state index is 2.43. The summed E-state index contributed by atoms with van der Waals surface area (Å²) < 4.78 is 0. The minimum Gasteiger partial charge on any atom is -0.0750 e. The molecule has 0 nitrogen and oxygen atoms in total. The van der Waals surface area contributed by atoms with E-state index in [-0.39, 0.29) is 0 Å². The van der Waals surface area contributed by atoms with Crippen LogP contribution in [0.4, 0.5) is 0 Å². The van der Waals surface area contributed by atoms with Gasteiger partial charge in [0.1, 0.15) is 0 Å². The van der Waals surface area contributed by atoms with Gasteiger partial charge in [-0.25, -0.2) is 0 Å². The Morgan fingerprint density at radius 1 is 0.577 bits per heavy atom. The Kier molecular flexibility index (Phi) is 4.72. The van der Waals surface area contributed by atoms with E-state index in [4.69, 9.17) is 0 Å². The summed E-state index contributed by atoms with van der Waals surface area (Å²) in [7, 11) is -2.30. The van der Waals surface area contributed by atoms with E-state index in [9.17, 15) is 0 Å². The van der Waals surface area contributed by atoms with Gasteiger partial charge in [-0.2, -0.15) is 0 Å². The molecule has 0 bridgehead atoms. The Hall–Kier alpha value is -2.64. The van der Waals surface area contributed by atoms with Crippen LogP contribution in [-0.4, -0.2) is 8.07 Å². The average molecular weight is 352 g/mol. The lowest BCUT2D eigenvalue weighted by molar-refractivity contribution is 1.16. The standard InChI is InChI=1S/C25H23Si/c1-2-21-18-19-25(20-21)26(22-12-6-3-7-13-22,23-14-8-4-9-15-23)24-16-10-5-11-17-24/h3-20H,2H2,1H3. The molecule has 0 spiro atoms. The van der Waals surface area contributed by atoms with Gasteiger partial charge in [-0.3, -0.25) is 0 Å². The van der Waals surface area contributed by atoms with Gasteiger partial charge in [0.25, 0.3) is 0 Å². The molecule has 0 unspecified atom stereocenters. The van der Waals surface area contributed by atoms with Crippen molar-refractivity contribution < 1.29 is 0 Å². The van der Waals surface area contributed by atoms with Crippen LogP contribution in [0.3, 0.4) is 0 Å². The number of allylic oxidation sites excluding steroid dienone is 4. The van der Waals surface area contributed by atoms with Crippen molar-refractivity contribution in [2.75, 3.05) is 0 Å². The van der Waals surface area contributed by atoms with Crippen molar-refractivity contribution in [1.29, 1.82) is 0 Å². The zero-order chi connectivity index (χ0) is 17.8. The third kappa shape index (κ3) is 2.79. The number of benzene rings is 3. The molecule has 0 atom stereocenters. The van der Waals surface area contributed by atoms with Gasteiger partial charge < -0.3 is 0 Å². The molecule has 0 N–H and O–H groups in total. The molecule has 0 aromatic heterocycles. The van der Waals surface area contributed by atoms with Gasteiger partial charge in [-0.15, -0.1) is 0 Å². The predicted molar refractivity (Wildman–Crippen MR) is 115 cm³/mol. The van der Waals surface area contributed by atoms with Gasteiger partial charge in [-0.1, -0.05) is 122 Å². The van der Waals surface area contributed by atoms with Gasteiger partial charge in [0.05, 0.1) is 0 Å². The summed E-state index contributed by atoms with van der Waals surface area (Å²) in [5.74, 6) is 0. The third-order valence-corrected chi connectivity index (χ3v) is 10.1. The van der Waals surface area contributed by atoms with Crippen LogP contribution in [0.5, 0.6) is 0 Å². The summed E-state index contributed by atoms with van der Waals surface area (Å²) in [6.45, 7) is 2.23. The molecule has 0 amide bonds. The monoisotopic (exact) mass is 351 g/mol. The largest absolute Gasteiger partial charge is 0.162 e. The lowest BCUT2D eigenvalue weighted by Gasteiger charge is -2.37. The fourth-order valence-electron chi connectivity index (χ4n) is 4.01. The molecule has 1 heteroatoms. The summed E-state index contributed by atoms with van der Waals surface area (Å²) >= 11 is 0. The van der Waals surface area contributed by atoms with E-state index in [1.807, 2.05) is 0 Å². The van der Waals surface area contributed by atoms with Crippen molar-refractivity contribution >= 4 is 23.6 Å². The molecule has 0 saturated carbocycles. The number of hydrogen-bond donors (Lipinski definition) is 0. The normalized spacial score (nSPS) is 14.4. The summed E-state index contributed by atoms with van der Waals surface area (Å²) in [6, 6.07) is 33.2. The first kappa shape index (κ1) is 16.8. The van der Waals surface area contributed by atoms with Crippen molar-refractivity contribution in [3.8, 4) is 0 Å². The quantitative estimate of drug-likeness (QED) is 0.478. The molecule has 3 aromatic carbocycles. The van der Waals surface area contributed by atoms with E-state index in [0.717, 1.165) is 6.42 Å². The Balaban J connectivity index is 2.05. The van der Waals surface area contributed by atoms with Crippen LogP contribution in [0.25, 0.3) is 0 Å². The third-order valence-electron chi connectivity index (χ3n) is 5.28. The molecule has 0 fully saturated rings.